The first-order chi connectivity index (χ1) is 10.4. The third-order valence-corrected chi connectivity index (χ3v) is 4.60. The van der Waals surface area contributed by atoms with Gasteiger partial charge in [0.2, 0.25) is 0 Å². The molecular formula is C17H24Cl2N4. The molecule has 2 heterocycles. The first kappa shape index (κ1) is 18.3. The Labute approximate surface area is 150 Å². The quantitative estimate of drug-likeness (QED) is 0.919. The van der Waals surface area contributed by atoms with Gasteiger partial charge >= 0.3 is 0 Å². The predicted molar refractivity (Wildman–Crippen MR) is 98.2 cm³/mol. The lowest BCUT2D eigenvalue weighted by Gasteiger charge is -2.26. The number of nitrogens with zero attached hydrogens (tertiary/aromatic N) is 3. The summed E-state index contributed by atoms with van der Waals surface area (Å²) >= 11 is 0. The summed E-state index contributed by atoms with van der Waals surface area (Å²) in [5, 5.41) is 8.37. The van der Waals surface area contributed by atoms with E-state index in [9.17, 15) is 0 Å². The molecule has 0 amide bonds. The van der Waals surface area contributed by atoms with Crippen LogP contribution in [0.1, 0.15) is 23.4 Å². The molecule has 0 radical (unpaired) electrons. The van der Waals surface area contributed by atoms with Crippen LogP contribution in [0.3, 0.4) is 0 Å². The maximum atomic E-state index is 4.95. The lowest BCUT2D eigenvalue weighted by molar-refractivity contribution is 0.230. The van der Waals surface area contributed by atoms with E-state index in [0.717, 1.165) is 32.7 Å². The minimum atomic E-state index is 0. The van der Waals surface area contributed by atoms with Crippen molar-refractivity contribution in [1.82, 2.24) is 20.0 Å². The van der Waals surface area contributed by atoms with Crippen LogP contribution < -0.4 is 5.32 Å². The fourth-order valence-electron chi connectivity index (χ4n) is 3.50. The number of hydrogen-bond acceptors (Lipinski definition) is 3. The number of nitrogens with one attached hydrogen (secondary N) is 1. The molecule has 126 valence electrons. The molecule has 1 fully saturated rings. The standard InChI is InChI=1S/C17H22N4.2ClH/c1-2-5-14(6-3-1)21-17-8-4-7-15(17)16(19-21)13-20-11-9-18-10-12-20;;/h1-3,5-6,18H,4,7-13H2;2*1H. The normalized spacial score (nSPS) is 17.2. The Morgan fingerprint density at radius 2 is 1.74 bits per heavy atom. The highest BCUT2D eigenvalue weighted by atomic mass is 35.5. The summed E-state index contributed by atoms with van der Waals surface area (Å²) < 4.78 is 2.18. The molecule has 2 aliphatic rings. The van der Waals surface area contributed by atoms with Crippen molar-refractivity contribution in [2.45, 2.75) is 25.8 Å². The van der Waals surface area contributed by atoms with E-state index in [-0.39, 0.29) is 24.8 Å². The van der Waals surface area contributed by atoms with Gasteiger partial charge in [0.15, 0.2) is 0 Å². The Kier molecular flexibility index (Phi) is 6.48. The number of fused-ring (bicyclic) bond motifs is 1. The van der Waals surface area contributed by atoms with E-state index in [0.29, 0.717) is 0 Å². The second-order valence-corrected chi connectivity index (χ2v) is 6.00. The highest BCUT2D eigenvalue weighted by Crippen LogP contribution is 2.28. The van der Waals surface area contributed by atoms with Crippen molar-refractivity contribution in [3.63, 3.8) is 0 Å². The lowest BCUT2D eigenvalue weighted by Crippen LogP contribution is -2.43. The summed E-state index contributed by atoms with van der Waals surface area (Å²) in [6.45, 7) is 5.47. The summed E-state index contributed by atoms with van der Waals surface area (Å²) in [4.78, 5) is 2.52. The van der Waals surface area contributed by atoms with Gasteiger partial charge in [0.05, 0.1) is 11.4 Å². The van der Waals surface area contributed by atoms with E-state index in [4.69, 9.17) is 5.10 Å². The molecule has 1 saturated heterocycles. The van der Waals surface area contributed by atoms with Crippen molar-refractivity contribution in [3.05, 3.63) is 47.3 Å². The average molecular weight is 355 g/mol. The summed E-state index contributed by atoms with van der Waals surface area (Å²) in [5.41, 5.74) is 5.44. The minimum absolute atomic E-state index is 0. The first-order valence-corrected chi connectivity index (χ1v) is 8.00. The molecule has 1 aromatic carbocycles. The maximum Gasteiger partial charge on any atom is 0.0804 e. The van der Waals surface area contributed by atoms with E-state index in [1.54, 1.807) is 0 Å². The van der Waals surface area contributed by atoms with Gasteiger partial charge in [-0.15, -0.1) is 24.8 Å². The summed E-state index contributed by atoms with van der Waals surface area (Å²) in [6, 6.07) is 10.6. The molecule has 1 N–H and O–H groups in total. The molecule has 0 spiro atoms. The minimum Gasteiger partial charge on any atom is -0.314 e. The maximum absolute atomic E-state index is 4.95. The van der Waals surface area contributed by atoms with Gasteiger partial charge < -0.3 is 5.32 Å². The van der Waals surface area contributed by atoms with Crippen LogP contribution in [0.15, 0.2) is 30.3 Å². The molecule has 0 saturated carbocycles. The van der Waals surface area contributed by atoms with Crippen LogP contribution in [0.2, 0.25) is 0 Å². The zero-order valence-electron chi connectivity index (χ0n) is 13.2. The Balaban J connectivity index is 0.000000960. The number of rotatable bonds is 3. The molecule has 0 unspecified atom stereocenters. The van der Waals surface area contributed by atoms with Crippen LogP contribution >= 0.6 is 24.8 Å². The van der Waals surface area contributed by atoms with Crippen molar-refractivity contribution in [1.29, 1.82) is 0 Å². The first-order valence-electron chi connectivity index (χ1n) is 8.00. The number of halogens is 2. The van der Waals surface area contributed by atoms with Gasteiger partial charge in [-0.2, -0.15) is 5.10 Å². The third-order valence-electron chi connectivity index (χ3n) is 4.60. The zero-order chi connectivity index (χ0) is 14.1. The highest BCUT2D eigenvalue weighted by Gasteiger charge is 2.24. The van der Waals surface area contributed by atoms with Crippen LogP contribution in [0.25, 0.3) is 5.69 Å². The predicted octanol–water partition coefficient (Wildman–Crippen LogP) is 2.61. The van der Waals surface area contributed by atoms with Crippen LogP contribution in [0.4, 0.5) is 0 Å². The van der Waals surface area contributed by atoms with E-state index < -0.39 is 0 Å². The second-order valence-electron chi connectivity index (χ2n) is 6.00. The average Bonchev–Trinajstić information content (AvgIpc) is 3.13. The summed E-state index contributed by atoms with van der Waals surface area (Å²) in [5.74, 6) is 0. The molecule has 4 rings (SSSR count). The molecule has 1 aliphatic heterocycles. The molecule has 6 heteroatoms. The monoisotopic (exact) mass is 354 g/mol. The number of para-hydroxylation sites is 1. The molecule has 0 atom stereocenters. The Morgan fingerprint density at radius 1 is 1.00 bits per heavy atom. The summed E-state index contributed by atoms with van der Waals surface area (Å²) in [7, 11) is 0. The summed E-state index contributed by atoms with van der Waals surface area (Å²) in [6.07, 6.45) is 3.64. The fourth-order valence-corrected chi connectivity index (χ4v) is 3.50. The fraction of sp³-hybridized carbons (Fsp3) is 0.471. The van der Waals surface area contributed by atoms with Crippen molar-refractivity contribution >= 4 is 24.8 Å². The number of piperazine rings is 1. The highest BCUT2D eigenvalue weighted by molar-refractivity contribution is 5.85. The SMILES string of the molecule is Cl.Cl.c1ccc(-n2nc(CN3CCNCC3)c3c2CCC3)cc1. The third kappa shape index (κ3) is 3.72. The number of hydrogen-bond donors (Lipinski definition) is 1. The molecule has 23 heavy (non-hydrogen) atoms. The van der Waals surface area contributed by atoms with Gasteiger partial charge in [-0.1, -0.05) is 18.2 Å². The van der Waals surface area contributed by atoms with Gasteiger partial charge in [-0.3, -0.25) is 4.90 Å². The molecule has 0 bridgehead atoms. The van der Waals surface area contributed by atoms with E-state index in [2.05, 4.69) is 45.2 Å². The Morgan fingerprint density at radius 3 is 2.48 bits per heavy atom. The number of aromatic nitrogens is 2. The van der Waals surface area contributed by atoms with E-state index >= 15 is 0 Å². The van der Waals surface area contributed by atoms with Crippen molar-refractivity contribution in [2.24, 2.45) is 0 Å². The van der Waals surface area contributed by atoms with Crippen LogP contribution in [0.5, 0.6) is 0 Å². The van der Waals surface area contributed by atoms with Crippen molar-refractivity contribution in [3.8, 4) is 5.69 Å². The van der Waals surface area contributed by atoms with Crippen LogP contribution in [-0.2, 0) is 19.4 Å². The smallest absolute Gasteiger partial charge is 0.0804 e. The molecule has 1 aromatic heterocycles. The van der Waals surface area contributed by atoms with Gasteiger partial charge in [-0.25, -0.2) is 4.68 Å². The molecular weight excluding hydrogens is 331 g/mol. The van der Waals surface area contributed by atoms with Crippen molar-refractivity contribution < 1.29 is 0 Å². The van der Waals surface area contributed by atoms with E-state index in [1.165, 1.54) is 41.9 Å². The largest absolute Gasteiger partial charge is 0.314 e. The lowest BCUT2D eigenvalue weighted by atomic mass is 10.2. The van der Waals surface area contributed by atoms with Gasteiger partial charge in [0.1, 0.15) is 0 Å². The van der Waals surface area contributed by atoms with Crippen LogP contribution in [-0.4, -0.2) is 40.9 Å². The number of benzene rings is 1. The van der Waals surface area contributed by atoms with Gasteiger partial charge in [0, 0.05) is 38.4 Å². The van der Waals surface area contributed by atoms with Gasteiger partial charge in [0.25, 0.3) is 0 Å². The topological polar surface area (TPSA) is 33.1 Å². The van der Waals surface area contributed by atoms with Gasteiger partial charge in [-0.05, 0) is 37.0 Å². The second kappa shape index (κ2) is 8.15. The van der Waals surface area contributed by atoms with Crippen molar-refractivity contribution in [2.75, 3.05) is 26.2 Å². The van der Waals surface area contributed by atoms with Crippen LogP contribution in [0, 0.1) is 0 Å². The van der Waals surface area contributed by atoms with E-state index in [1.807, 2.05) is 0 Å². The Hall–Kier alpha value is -1.07. The molecule has 2 aromatic rings. The molecule has 1 aliphatic carbocycles. The molecule has 4 nitrogen and oxygen atoms in total. The Bertz CT molecular complexity index is 621. The zero-order valence-corrected chi connectivity index (χ0v) is 14.8.